The number of aromatic nitrogens is 3. The summed E-state index contributed by atoms with van der Waals surface area (Å²) in [7, 11) is -3.64. The van der Waals surface area contributed by atoms with Crippen molar-refractivity contribution < 1.29 is 13.2 Å². The van der Waals surface area contributed by atoms with Crippen molar-refractivity contribution in [3.8, 4) is 0 Å². The van der Waals surface area contributed by atoms with Gasteiger partial charge in [-0.1, -0.05) is 17.7 Å². The molecule has 28 heavy (non-hydrogen) atoms. The highest BCUT2D eigenvalue weighted by Gasteiger charge is 2.25. The van der Waals surface area contributed by atoms with E-state index in [-0.39, 0.29) is 24.9 Å². The fourth-order valence-corrected chi connectivity index (χ4v) is 5.38. The van der Waals surface area contributed by atoms with E-state index in [9.17, 15) is 13.2 Å². The number of nitrogens with zero attached hydrogens (tertiary/aromatic N) is 4. The summed E-state index contributed by atoms with van der Waals surface area (Å²) in [5.74, 6) is -0.0305. The summed E-state index contributed by atoms with van der Waals surface area (Å²) in [6.45, 7) is 6.90. The first-order valence-electron chi connectivity index (χ1n) is 9.47. The molecule has 1 aliphatic rings. The van der Waals surface area contributed by atoms with E-state index in [1.165, 1.54) is 6.33 Å². The van der Waals surface area contributed by atoms with E-state index in [0.29, 0.717) is 29.1 Å². The fraction of sp³-hybridized carbons (Fsp3) is 0.526. The SMILES string of the molecule is Cc1cc(C)c(S(=O)(=O)NCCC(=O)N2CCC(n3cncn3)CC2)c(C)c1. The second-order valence-electron chi connectivity index (χ2n) is 7.36. The highest BCUT2D eigenvalue weighted by atomic mass is 32.2. The Balaban J connectivity index is 1.52. The lowest BCUT2D eigenvalue weighted by molar-refractivity contribution is -0.132. The topological polar surface area (TPSA) is 97.2 Å². The number of likely N-dealkylation sites (tertiary alicyclic amines) is 1. The van der Waals surface area contributed by atoms with Gasteiger partial charge in [-0.15, -0.1) is 0 Å². The fourth-order valence-electron chi connectivity index (χ4n) is 3.90. The van der Waals surface area contributed by atoms with Gasteiger partial charge < -0.3 is 4.90 Å². The summed E-state index contributed by atoms with van der Waals surface area (Å²) < 4.78 is 29.7. The summed E-state index contributed by atoms with van der Waals surface area (Å²) in [4.78, 5) is 18.5. The molecule has 0 atom stereocenters. The zero-order valence-corrected chi connectivity index (χ0v) is 17.4. The van der Waals surface area contributed by atoms with Crippen LogP contribution in [0, 0.1) is 20.8 Å². The third-order valence-corrected chi connectivity index (χ3v) is 6.90. The Morgan fingerprint density at radius 3 is 2.39 bits per heavy atom. The zero-order valence-electron chi connectivity index (χ0n) is 16.6. The number of carbonyl (C=O) groups excluding carboxylic acids is 1. The molecule has 3 rings (SSSR count). The van der Waals surface area contributed by atoms with Crippen molar-refractivity contribution >= 4 is 15.9 Å². The zero-order chi connectivity index (χ0) is 20.3. The van der Waals surface area contributed by atoms with Crippen LogP contribution in [0.4, 0.5) is 0 Å². The molecule has 0 saturated carbocycles. The number of rotatable bonds is 6. The largest absolute Gasteiger partial charge is 0.343 e. The van der Waals surface area contributed by atoms with E-state index >= 15 is 0 Å². The maximum Gasteiger partial charge on any atom is 0.241 e. The number of nitrogens with one attached hydrogen (secondary N) is 1. The lowest BCUT2D eigenvalue weighted by atomic mass is 10.1. The lowest BCUT2D eigenvalue weighted by Crippen LogP contribution is -2.40. The van der Waals surface area contributed by atoms with Gasteiger partial charge >= 0.3 is 0 Å². The summed E-state index contributed by atoms with van der Waals surface area (Å²) in [6, 6.07) is 3.97. The molecular weight excluding hydrogens is 378 g/mol. The van der Waals surface area contributed by atoms with Crippen LogP contribution in [0.25, 0.3) is 0 Å². The number of aryl methyl sites for hydroxylation is 3. The normalized spacial score (nSPS) is 15.8. The van der Waals surface area contributed by atoms with Crippen LogP contribution >= 0.6 is 0 Å². The van der Waals surface area contributed by atoms with Crippen LogP contribution in [0.2, 0.25) is 0 Å². The average molecular weight is 406 g/mol. The molecule has 8 nitrogen and oxygen atoms in total. The molecule has 1 aromatic heterocycles. The average Bonchev–Trinajstić information content (AvgIpc) is 3.15. The minimum absolute atomic E-state index is 0.0305. The van der Waals surface area contributed by atoms with Crippen molar-refractivity contribution in [3.05, 3.63) is 41.5 Å². The summed E-state index contributed by atoms with van der Waals surface area (Å²) in [6.07, 6.45) is 5.01. The Kier molecular flexibility index (Phi) is 6.14. The van der Waals surface area contributed by atoms with Gasteiger partial charge in [0.2, 0.25) is 15.9 Å². The van der Waals surface area contributed by atoms with Gasteiger partial charge in [0.15, 0.2) is 0 Å². The number of piperidine rings is 1. The van der Waals surface area contributed by atoms with Gasteiger partial charge in [-0.05, 0) is 44.7 Å². The Hall–Kier alpha value is -2.26. The van der Waals surface area contributed by atoms with E-state index in [4.69, 9.17) is 0 Å². The monoisotopic (exact) mass is 405 g/mol. The smallest absolute Gasteiger partial charge is 0.241 e. The standard InChI is InChI=1S/C19H27N5O3S/c1-14-10-15(2)19(16(3)11-14)28(26,27)22-7-4-18(25)23-8-5-17(6-9-23)24-13-20-12-21-24/h10-13,17,22H,4-9H2,1-3H3. The number of carbonyl (C=O) groups is 1. The molecule has 152 valence electrons. The number of hydrogen-bond acceptors (Lipinski definition) is 5. The molecule has 1 saturated heterocycles. The van der Waals surface area contributed by atoms with E-state index in [1.54, 1.807) is 25.1 Å². The van der Waals surface area contributed by atoms with Gasteiger partial charge in [0, 0.05) is 26.1 Å². The Bertz CT molecular complexity index is 909. The van der Waals surface area contributed by atoms with Crippen LogP contribution in [-0.4, -0.2) is 53.6 Å². The number of benzene rings is 1. The Labute approximate surface area is 166 Å². The van der Waals surface area contributed by atoms with Gasteiger partial charge in [-0.2, -0.15) is 5.10 Å². The van der Waals surface area contributed by atoms with Crippen LogP contribution in [0.5, 0.6) is 0 Å². The van der Waals surface area contributed by atoms with Gasteiger partial charge in [-0.3, -0.25) is 4.79 Å². The second kappa shape index (κ2) is 8.40. The van der Waals surface area contributed by atoms with Crippen molar-refractivity contribution in [2.45, 2.75) is 51.0 Å². The molecule has 9 heteroatoms. The van der Waals surface area contributed by atoms with E-state index < -0.39 is 10.0 Å². The molecule has 0 radical (unpaired) electrons. The predicted octanol–water partition coefficient (Wildman–Crippen LogP) is 1.74. The molecular formula is C19H27N5O3S. The van der Waals surface area contributed by atoms with Gasteiger partial charge in [-0.25, -0.2) is 22.8 Å². The molecule has 0 unspecified atom stereocenters. The van der Waals surface area contributed by atoms with Gasteiger partial charge in [0.1, 0.15) is 12.7 Å². The molecule has 1 amide bonds. The molecule has 1 aliphatic heterocycles. The summed E-state index contributed by atoms with van der Waals surface area (Å²) >= 11 is 0. The third kappa shape index (κ3) is 4.59. The van der Waals surface area contributed by atoms with Crippen molar-refractivity contribution in [2.24, 2.45) is 0 Å². The van der Waals surface area contributed by atoms with Crippen LogP contribution in [0.3, 0.4) is 0 Å². The van der Waals surface area contributed by atoms with Crippen LogP contribution < -0.4 is 4.72 Å². The van der Waals surface area contributed by atoms with Crippen LogP contribution in [0.15, 0.2) is 29.7 Å². The van der Waals surface area contributed by atoms with E-state index in [2.05, 4.69) is 14.8 Å². The molecule has 1 N–H and O–H groups in total. The Morgan fingerprint density at radius 1 is 1.18 bits per heavy atom. The first-order chi connectivity index (χ1) is 13.3. The van der Waals surface area contributed by atoms with Gasteiger partial charge in [0.05, 0.1) is 10.9 Å². The first-order valence-corrected chi connectivity index (χ1v) is 11.0. The number of sulfonamides is 1. The molecule has 1 aromatic carbocycles. The molecule has 2 heterocycles. The molecule has 0 spiro atoms. The number of amides is 1. The van der Waals surface area contributed by atoms with Crippen LogP contribution in [-0.2, 0) is 14.8 Å². The quantitative estimate of drug-likeness (QED) is 0.789. The van der Waals surface area contributed by atoms with Crippen molar-refractivity contribution in [1.29, 1.82) is 0 Å². The first kappa shape index (κ1) is 20.5. The number of hydrogen-bond donors (Lipinski definition) is 1. The second-order valence-corrected chi connectivity index (χ2v) is 9.07. The molecule has 2 aromatic rings. The molecule has 0 aliphatic carbocycles. The lowest BCUT2D eigenvalue weighted by Gasteiger charge is -2.32. The minimum Gasteiger partial charge on any atom is -0.343 e. The summed E-state index contributed by atoms with van der Waals surface area (Å²) in [5, 5.41) is 4.16. The summed E-state index contributed by atoms with van der Waals surface area (Å²) in [5.41, 5.74) is 2.46. The van der Waals surface area contributed by atoms with Crippen molar-refractivity contribution in [1.82, 2.24) is 24.4 Å². The van der Waals surface area contributed by atoms with Crippen LogP contribution in [0.1, 0.15) is 42.0 Å². The van der Waals surface area contributed by atoms with E-state index in [1.807, 2.05) is 23.7 Å². The maximum atomic E-state index is 12.7. The molecule has 0 bridgehead atoms. The highest BCUT2D eigenvalue weighted by molar-refractivity contribution is 7.89. The predicted molar refractivity (Wildman–Crippen MR) is 105 cm³/mol. The van der Waals surface area contributed by atoms with Crippen molar-refractivity contribution in [2.75, 3.05) is 19.6 Å². The molecule has 1 fully saturated rings. The van der Waals surface area contributed by atoms with Gasteiger partial charge in [0.25, 0.3) is 0 Å². The van der Waals surface area contributed by atoms with Crippen molar-refractivity contribution in [3.63, 3.8) is 0 Å². The Morgan fingerprint density at radius 2 is 1.82 bits per heavy atom. The maximum absolute atomic E-state index is 12.7. The minimum atomic E-state index is -3.64. The van der Waals surface area contributed by atoms with E-state index in [0.717, 1.165) is 18.4 Å². The highest BCUT2D eigenvalue weighted by Crippen LogP contribution is 2.23. The third-order valence-electron chi connectivity index (χ3n) is 5.13.